The van der Waals surface area contributed by atoms with E-state index in [0.717, 1.165) is 0 Å². The van der Waals surface area contributed by atoms with Gasteiger partial charge in [-0.05, 0) is 25.1 Å². The second kappa shape index (κ2) is 7.15. The molecule has 0 bridgehead atoms. The summed E-state index contributed by atoms with van der Waals surface area (Å²) in [5, 5.41) is 3.16. The van der Waals surface area contributed by atoms with Gasteiger partial charge < -0.3 is 14.8 Å². The van der Waals surface area contributed by atoms with E-state index in [-0.39, 0.29) is 17.3 Å². The van der Waals surface area contributed by atoms with Gasteiger partial charge in [0, 0.05) is 22.7 Å². The van der Waals surface area contributed by atoms with Crippen molar-refractivity contribution in [1.29, 1.82) is 0 Å². The third-order valence-electron chi connectivity index (χ3n) is 3.22. The number of carbonyl (C=O) groups excluding carboxylic acids is 2. The molecule has 0 aromatic heterocycles. The van der Waals surface area contributed by atoms with Crippen molar-refractivity contribution in [1.82, 2.24) is 0 Å². The minimum Gasteiger partial charge on any atom is -0.497 e. The summed E-state index contributed by atoms with van der Waals surface area (Å²) in [6, 6.07) is 9.68. The Labute approximate surface area is 139 Å². The summed E-state index contributed by atoms with van der Waals surface area (Å²) in [7, 11) is 2.94. The highest BCUT2D eigenvalue weighted by molar-refractivity contribution is 6.31. The third-order valence-corrected chi connectivity index (χ3v) is 3.45. The zero-order chi connectivity index (χ0) is 17.0. The van der Waals surface area contributed by atoms with Gasteiger partial charge in [-0.1, -0.05) is 17.7 Å². The SMILES string of the molecule is COc1cc(NC(=O)c2cccc(Cl)c2)c(C(C)=O)c(OC)c1. The van der Waals surface area contributed by atoms with Crippen molar-refractivity contribution in [3.05, 3.63) is 52.5 Å². The predicted octanol–water partition coefficient (Wildman–Crippen LogP) is 3.81. The smallest absolute Gasteiger partial charge is 0.255 e. The molecule has 2 aromatic rings. The Bertz CT molecular complexity index is 758. The van der Waals surface area contributed by atoms with Crippen LogP contribution >= 0.6 is 11.6 Å². The number of hydrogen-bond acceptors (Lipinski definition) is 4. The molecule has 0 atom stereocenters. The van der Waals surface area contributed by atoms with Crippen molar-refractivity contribution in [2.45, 2.75) is 6.92 Å². The number of ketones is 1. The molecule has 23 heavy (non-hydrogen) atoms. The fourth-order valence-corrected chi connectivity index (χ4v) is 2.35. The van der Waals surface area contributed by atoms with Crippen LogP contribution in [0.5, 0.6) is 11.5 Å². The fourth-order valence-electron chi connectivity index (χ4n) is 2.15. The number of hydrogen-bond donors (Lipinski definition) is 1. The van der Waals surface area contributed by atoms with Crippen LogP contribution in [0.4, 0.5) is 5.69 Å². The standard InChI is InChI=1S/C17H16ClNO4/c1-10(20)16-14(8-13(22-2)9-15(16)23-3)19-17(21)11-5-4-6-12(18)7-11/h4-9H,1-3H3,(H,19,21). The second-order valence-electron chi connectivity index (χ2n) is 4.77. The number of carbonyl (C=O) groups is 2. The second-order valence-corrected chi connectivity index (χ2v) is 5.21. The average Bonchev–Trinajstić information content (AvgIpc) is 2.53. The van der Waals surface area contributed by atoms with Gasteiger partial charge in [-0.25, -0.2) is 0 Å². The van der Waals surface area contributed by atoms with Crippen LogP contribution in [0.2, 0.25) is 5.02 Å². The van der Waals surface area contributed by atoms with Gasteiger partial charge in [0.2, 0.25) is 0 Å². The quantitative estimate of drug-likeness (QED) is 0.845. The van der Waals surface area contributed by atoms with Crippen molar-refractivity contribution in [3.8, 4) is 11.5 Å². The Morgan fingerprint density at radius 1 is 1.09 bits per heavy atom. The summed E-state index contributed by atoms with van der Waals surface area (Å²) in [5.74, 6) is 0.183. The molecule has 0 heterocycles. The Kier molecular flexibility index (Phi) is 5.24. The Balaban J connectivity index is 2.45. The van der Waals surface area contributed by atoms with E-state index in [2.05, 4.69) is 5.32 Å². The van der Waals surface area contributed by atoms with Crippen LogP contribution in [0.1, 0.15) is 27.6 Å². The molecule has 2 aromatic carbocycles. The van der Waals surface area contributed by atoms with Crippen LogP contribution in [0, 0.1) is 0 Å². The molecule has 0 aliphatic carbocycles. The van der Waals surface area contributed by atoms with E-state index >= 15 is 0 Å². The maximum atomic E-state index is 12.4. The molecule has 6 heteroatoms. The van der Waals surface area contributed by atoms with Gasteiger partial charge in [0.1, 0.15) is 11.5 Å². The van der Waals surface area contributed by atoms with E-state index in [1.54, 1.807) is 36.4 Å². The van der Waals surface area contributed by atoms with Crippen LogP contribution in [0.15, 0.2) is 36.4 Å². The first-order valence-corrected chi connectivity index (χ1v) is 7.18. The first-order chi connectivity index (χ1) is 11.0. The molecule has 0 spiro atoms. The third kappa shape index (κ3) is 3.81. The van der Waals surface area contributed by atoms with Crippen molar-refractivity contribution < 1.29 is 19.1 Å². The summed E-state index contributed by atoms with van der Waals surface area (Å²) in [6.07, 6.45) is 0. The molecule has 0 fully saturated rings. The minimum atomic E-state index is -0.384. The molecular formula is C17H16ClNO4. The number of ether oxygens (including phenoxy) is 2. The number of methoxy groups -OCH3 is 2. The molecule has 2 rings (SSSR count). The molecule has 120 valence electrons. The van der Waals surface area contributed by atoms with Gasteiger partial charge in [0.25, 0.3) is 5.91 Å². The van der Waals surface area contributed by atoms with Crippen molar-refractivity contribution in [3.63, 3.8) is 0 Å². The zero-order valence-corrected chi connectivity index (χ0v) is 13.7. The lowest BCUT2D eigenvalue weighted by molar-refractivity contribution is 0.101. The number of anilines is 1. The number of benzene rings is 2. The molecule has 0 saturated heterocycles. The maximum Gasteiger partial charge on any atom is 0.255 e. The molecular weight excluding hydrogens is 318 g/mol. The highest BCUT2D eigenvalue weighted by Crippen LogP contribution is 2.33. The first kappa shape index (κ1) is 16.8. The van der Waals surface area contributed by atoms with Crippen molar-refractivity contribution in [2.75, 3.05) is 19.5 Å². The van der Waals surface area contributed by atoms with Crippen LogP contribution < -0.4 is 14.8 Å². The van der Waals surface area contributed by atoms with Crippen molar-refractivity contribution >= 4 is 29.0 Å². The molecule has 0 saturated carbocycles. The number of rotatable bonds is 5. The maximum absolute atomic E-state index is 12.4. The fraction of sp³-hybridized carbons (Fsp3) is 0.176. The summed E-state index contributed by atoms with van der Waals surface area (Å²) in [6.45, 7) is 1.40. The Hall–Kier alpha value is -2.53. The summed E-state index contributed by atoms with van der Waals surface area (Å²) in [5.41, 5.74) is 0.983. The highest BCUT2D eigenvalue weighted by Gasteiger charge is 2.18. The number of Topliss-reactive ketones (excluding diaryl/α,β-unsaturated/α-hetero) is 1. The lowest BCUT2D eigenvalue weighted by Gasteiger charge is -2.15. The lowest BCUT2D eigenvalue weighted by atomic mass is 10.1. The summed E-state index contributed by atoms with van der Waals surface area (Å²) in [4.78, 5) is 24.3. The van der Waals surface area contributed by atoms with E-state index in [1.807, 2.05) is 0 Å². The molecule has 0 unspecified atom stereocenters. The summed E-state index contributed by atoms with van der Waals surface area (Å²) < 4.78 is 10.4. The van der Waals surface area contributed by atoms with Gasteiger partial charge in [-0.15, -0.1) is 0 Å². The number of amides is 1. The average molecular weight is 334 g/mol. The van der Waals surface area contributed by atoms with Gasteiger partial charge in [0.05, 0.1) is 25.5 Å². The first-order valence-electron chi connectivity index (χ1n) is 6.80. The molecule has 0 radical (unpaired) electrons. The topological polar surface area (TPSA) is 64.6 Å². The van der Waals surface area contributed by atoms with Crippen LogP contribution in [0.25, 0.3) is 0 Å². The molecule has 1 amide bonds. The van der Waals surface area contributed by atoms with E-state index in [9.17, 15) is 9.59 Å². The van der Waals surface area contributed by atoms with Gasteiger partial charge in [-0.2, -0.15) is 0 Å². The molecule has 5 nitrogen and oxygen atoms in total. The zero-order valence-electron chi connectivity index (χ0n) is 13.0. The van der Waals surface area contributed by atoms with E-state index in [0.29, 0.717) is 27.8 Å². The largest absolute Gasteiger partial charge is 0.497 e. The monoisotopic (exact) mass is 333 g/mol. The highest BCUT2D eigenvalue weighted by atomic mass is 35.5. The minimum absolute atomic E-state index is 0.231. The lowest BCUT2D eigenvalue weighted by Crippen LogP contribution is -2.15. The summed E-state index contributed by atoms with van der Waals surface area (Å²) >= 11 is 5.89. The van der Waals surface area contributed by atoms with Crippen molar-refractivity contribution in [2.24, 2.45) is 0 Å². The van der Waals surface area contributed by atoms with E-state index in [1.165, 1.54) is 21.1 Å². The Morgan fingerprint density at radius 3 is 2.39 bits per heavy atom. The van der Waals surface area contributed by atoms with Crippen LogP contribution in [-0.2, 0) is 0 Å². The van der Waals surface area contributed by atoms with Crippen LogP contribution in [-0.4, -0.2) is 25.9 Å². The van der Waals surface area contributed by atoms with Crippen LogP contribution in [0.3, 0.4) is 0 Å². The Morgan fingerprint density at radius 2 is 1.83 bits per heavy atom. The van der Waals surface area contributed by atoms with Gasteiger partial charge >= 0.3 is 0 Å². The van der Waals surface area contributed by atoms with Gasteiger partial charge in [0.15, 0.2) is 5.78 Å². The van der Waals surface area contributed by atoms with Gasteiger partial charge in [-0.3, -0.25) is 9.59 Å². The predicted molar refractivity (Wildman–Crippen MR) is 89.0 cm³/mol. The molecule has 0 aliphatic heterocycles. The molecule has 0 aliphatic rings. The normalized spacial score (nSPS) is 10.1. The number of nitrogens with one attached hydrogen (secondary N) is 1. The van der Waals surface area contributed by atoms with E-state index in [4.69, 9.17) is 21.1 Å². The van der Waals surface area contributed by atoms with E-state index < -0.39 is 0 Å². The number of halogens is 1. The molecule has 1 N–H and O–H groups in total.